The molecule has 34 nitrogen and oxygen atoms in total. The van der Waals surface area contributed by atoms with Gasteiger partial charge in [-0.1, -0.05) is 76.3 Å². The van der Waals surface area contributed by atoms with E-state index in [1.165, 1.54) is 18.3 Å². The number of amides is 3. The Labute approximate surface area is 733 Å². The van der Waals surface area contributed by atoms with Gasteiger partial charge in [0, 0.05) is 121 Å². The summed E-state index contributed by atoms with van der Waals surface area (Å²) in [5, 5.41) is 54.8. The van der Waals surface area contributed by atoms with Crippen LogP contribution in [0.15, 0.2) is 84.4 Å². The van der Waals surface area contributed by atoms with E-state index in [-0.39, 0.29) is 118 Å². The van der Waals surface area contributed by atoms with Crippen LogP contribution >= 0.6 is 0 Å². The Bertz CT molecular complexity index is 4370. The van der Waals surface area contributed by atoms with Crippen molar-refractivity contribution in [3.63, 3.8) is 0 Å². The molecular formula is C91H136N12O22. The number of hydrogen-bond acceptors (Lipinski definition) is 28. The van der Waals surface area contributed by atoms with Crippen molar-refractivity contribution in [2.24, 2.45) is 35.5 Å². The van der Waals surface area contributed by atoms with E-state index in [0.29, 0.717) is 184 Å². The van der Waals surface area contributed by atoms with Gasteiger partial charge >= 0.3 is 11.9 Å². The number of fused-ring (bicyclic) bond motifs is 5. The number of rotatable bonds is 39. The van der Waals surface area contributed by atoms with E-state index < -0.39 is 83.9 Å². The third-order valence-electron chi connectivity index (χ3n) is 24.1. The second-order valence-electron chi connectivity index (χ2n) is 33.6. The quantitative estimate of drug-likeness (QED) is 0.00833. The zero-order valence-corrected chi connectivity index (χ0v) is 74.9. The SMILES string of the molecule is CCO[C@@H]1C[C@@H]([C@H](C)C[C@@H]2CC[C@H](n3cc(COC(=O)CCCOCCOCCOCCC(=O)NCCOCCOCCC(=O)NCCCCn4nc(-c5cc6cc(O)ccc6[nH]5)c5c(N)ncnc54)nn3)[C@H](OC)C2)OC(=O)[C@@H]2CCCCN2C(=O)C(=O)[C@]2(O)O[C@@H](CC[C@H]2C)C[C@H](OC)/C(C)=C/C=C/C=C/[C@@H](C)C[C@@H](C)C(=O)[C@H](OC)[C@H](O)/C(C)=C/[C@H]1C. The predicted molar refractivity (Wildman–Crippen MR) is 465 cm³/mol. The van der Waals surface area contributed by atoms with Gasteiger partial charge in [0.1, 0.15) is 60.2 Å². The lowest BCUT2D eigenvalue weighted by atomic mass is 9.77. The van der Waals surface area contributed by atoms with Crippen LogP contribution < -0.4 is 16.4 Å². The Kier molecular flexibility index (Phi) is 41.0. The Balaban J connectivity index is 0.644. The van der Waals surface area contributed by atoms with Gasteiger partial charge in [-0.2, -0.15) is 5.10 Å². The van der Waals surface area contributed by atoms with Gasteiger partial charge < -0.3 is 98.4 Å². The lowest BCUT2D eigenvalue weighted by molar-refractivity contribution is -0.265. The number of methoxy groups -OCH3 is 3. The van der Waals surface area contributed by atoms with Gasteiger partial charge in [0.2, 0.25) is 17.6 Å². The molecule has 16 atom stereocenters. The second-order valence-corrected chi connectivity index (χ2v) is 33.6. The molecule has 1 saturated carbocycles. The average molecular weight is 1750 g/mol. The fourth-order valence-electron chi connectivity index (χ4n) is 16.9. The van der Waals surface area contributed by atoms with Crippen LogP contribution in [-0.2, 0) is 104 Å². The highest BCUT2D eigenvalue weighted by Gasteiger charge is 2.53. The maximum absolute atomic E-state index is 15.0. The number of piperidine rings is 1. The molecule has 7 heterocycles. The minimum atomic E-state index is -2.46. The summed E-state index contributed by atoms with van der Waals surface area (Å²) < 4.78 is 74.4. The van der Waals surface area contributed by atoms with Gasteiger partial charge in [-0.3, -0.25) is 28.8 Å². The largest absolute Gasteiger partial charge is 0.508 e. The summed E-state index contributed by atoms with van der Waals surface area (Å²) in [6.45, 7) is 19.7. The zero-order valence-electron chi connectivity index (χ0n) is 74.9. The molecule has 0 radical (unpaired) electrons. The number of phenols is 1. The Morgan fingerprint density at radius 2 is 1.48 bits per heavy atom. The molecule has 1 aliphatic carbocycles. The van der Waals surface area contributed by atoms with E-state index in [2.05, 4.69) is 35.9 Å². The number of benzene rings is 1. The number of ether oxygens (including phenoxy) is 12. The summed E-state index contributed by atoms with van der Waals surface area (Å²) in [6.07, 6.45) is 17.9. The predicted octanol–water partition coefficient (Wildman–Crippen LogP) is 9.46. The summed E-state index contributed by atoms with van der Waals surface area (Å²) >= 11 is 0. The zero-order chi connectivity index (χ0) is 90.0. The second kappa shape index (κ2) is 51.3. The molecule has 2 saturated heterocycles. The number of H-pyrrole nitrogens is 1. The molecule has 1 aromatic carbocycles. The number of nitrogens with two attached hydrogens (primary N) is 1. The van der Waals surface area contributed by atoms with Crippen LogP contribution in [0.2, 0.25) is 0 Å². The fraction of sp³-hybridized carbons (Fsp3) is 0.670. The van der Waals surface area contributed by atoms with Gasteiger partial charge in [-0.05, 0) is 157 Å². The molecule has 34 heteroatoms. The van der Waals surface area contributed by atoms with Gasteiger partial charge in [0.15, 0.2) is 11.4 Å². The molecule has 2 bridgehead atoms. The van der Waals surface area contributed by atoms with Crippen LogP contribution in [0.3, 0.4) is 0 Å². The molecular weight excluding hydrogens is 1610 g/mol. The highest BCUT2D eigenvalue weighted by Crippen LogP contribution is 2.41. The van der Waals surface area contributed by atoms with Crippen molar-refractivity contribution in [2.45, 2.75) is 245 Å². The third-order valence-corrected chi connectivity index (χ3v) is 24.1. The van der Waals surface area contributed by atoms with Gasteiger partial charge in [0.05, 0.1) is 107 Å². The normalized spacial score (nSPS) is 27.2. The molecule has 125 heavy (non-hydrogen) atoms. The standard InChI is InChI=1S/C91H136N12O22/c1-12-122-75-54-76(124-90(112)73-23-16-18-35-101(73)89(111)86(110)91(113)64(8)25-28-69(125-91)53-74(114-9)59(3)22-15-13-14-21-58(2)47-62(6)83(108)85(116-11)84(109)63(7)48-60(75)4)61(5)49-65-26-30-72(77(50-65)115-10)103-55-67(98-100-103)56-123-80(107)24-20-37-117-41-45-121-46-43-119-39-32-79(106)94-34-40-120-44-42-118-38-31-78(105)93-33-17-19-36-102-88-81(87(92)95-57-96-88)82(99-102)71-52-66-51-68(104)27-29-70(66)97-71/h13-15,21-22,27,29,48,51-52,55,57-58,60-62,64-65,69,72-77,84-85,97,104,109,113H,12,16-20,23-26,28,30-47,49-50,53-54,56H2,1-11H3,(H,93,105)(H,94,106)(H2,92,95,96)/b15-13+,21-14+,59-22+,63-48+/t58-,60-,61-,62-,64-,65+,69+,72+,73+,74+,75-,76+,77-,84-,85+,91-/m1/s1. The lowest BCUT2D eigenvalue weighted by Gasteiger charge is -2.43. The number of phenolic OH excluding ortho intramolecular Hbond substituents is 1. The first-order valence-corrected chi connectivity index (χ1v) is 44.6. The molecule has 4 aliphatic rings. The number of cyclic esters (lactones) is 1. The van der Waals surface area contributed by atoms with Crippen LogP contribution in [0.1, 0.15) is 183 Å². The summed E-state index contributed by atoms with van der Waals surface area (Å²) in [6, 6.07) is 5.65. The number of allylic oxidation sites excluding steroid dienone is 5. The van der Waals surface area contributed by atoms with Crippen molar-refractivity contribution in [3.8, 4) is 17.1 Å². The number of esters is 2. The summed E-state index contributed by atoms with van der Waals surface area (Å²) in [5.74, 6) is -7.47. The van der Waals surface area contributed by atoms with E-state index in [0.717, 1.165) is 35.0 Å². The number of ketones is 2. The summed E-state index contributed by atoms with van der Waals surface area (Å²) in [7, 11) is 4.66. The minimum Gasteiger partial charge on any atom is -0.508 e. The molecule has 0 unspecified atom stereocenters. The number of anilines is 1. The van der Waals surface area contributed by atoms with Crippen LogP contribution in [0, 0.1) is 35.5 Å². The first-order valence-electron chi connectivity index (χ1n) is 44.6. The number of carbonyl (C=O) groups is 7. The van der Waals surface area contributed by atoms with Crippen molar-refractivity contribution >= 4 is 69.0 Å². The molecule has 5 aromatic rings. The van der Waals surface area contributed by atoms with Crippen molar-refractivity contribution in [1.82, 2.24) is 55.3 Å². The van der Waals surface area contributed by atoms with Crippen molar-refractivity contribution in [2.75, 3.05) is 119 Å². The third kappa shape index (κ3) is 29.9. The van der Waals surface area contributed by atoms with Crippen LogP contribution in [0.4, 0.5) is 5.82 Å². The average Bonchev–Trinajstić information content (AvgIpc) is 1.63. The number of aromatic hydroxyl groups is 1. The van der Waals surface area contributed by atoms with E-state index in [9.17, 15) is 44.1 Å². The number of hydrogen-bond donors (Lipinski definition) is 7. The van der Waals surface area contributed by atoms with Crippen LogP contribution in [0.5, 0.6) is 5.75 Å². The maximum atomic E-state index is 15.0. The summed E-state index contributed by atoms with van der Waals surface area (Å²) in [5.41, 5.74) is 10.9. The summed E-state index contributed by atoms with van der Waals surface area (Å²) in [4.78, 5) is 109. The first-order chi connectivity index (χ1) is 60.2. The van der Waals surface area contributed by atoms with Crippen molar-refractivity contribution in [3.05, 3.63) is 90.1 Å². The number of aliphatic hydroxyl groups excluding tert-OH is 1. The number of aromatic amines is 1. The monoisotopic (exact) mass is 1750 g/mol. The van der Waals surface area contributed by atoms with Crippen molar-refractivity contribution < 1.29 is 106 Å². The Hall–Kier alpha value is -8.78. The molecule has 0 spiro atoms. The molecule has 3 fully saturated rings. The molecule has 9 rings (SSSR count). The smallest absolute Gasteiger partial charge is 0.329 e. The number of nitrogens with zero attached hydrogens (tertiary/aromatic N) is 8. The van der Waals surface area contributed by atoms with Gasteiger partial charge in [0.25, 0.3) is 11.7 Å². The first kappa shape index (κ1) is 100.0. The molecule has 692 valence electrons. The number of unbranched alkanes of at least 4 members (excludes halogenated alkanes) is 1. The number of Topliss-reactive ketones (excluding diaryl/α,β-unsaturated/α-hetero) is 2. The van der Waals surface area contributed by atoms with Crippen LogP contribution in [-0.4, -0.2) is 269 Å². The van der Waals surface area contributed by atoms with E-state index >= 15 is 4.79 Å². The molecule has 8 N–H and O–H groups in total. The Morgan fingerprint density at radius 3 is 2.20 bits per heavy atom. The minimum absolute atomic E-state index is 0.00704. The lowest BCUT2D eigenvalue weighted by Crippen LogP contribution is -2.61. The number of nitrogens with one attached hydrogen (secondary N) is 3. The molecule has 3 aliphatic heterocycles. The number of carbonyl (C=O) groups excluding carboxylic acids is 7. The van der Waals surface area contributed by atoms with Gasteiger partial charge in [-0.25, -0.2) is 24.1 Å². The molecule has 3 amide bonds. The fourth-order valence-corrected chi connectivity index (χ4v) is 16.9. The van der Waals surface area contributed by atoms with E-state index in [1.54, 1.807) is 61.8 Å². The van der Waals surface area contributed by atoms with E-state index in [1.807, 2.05) is 84.1 Å². The van der Waals surface area contributed by atoms with Gasteiger partial charge in [-0.15, -0.1) is 5.10 Å². The number of aromatic nitrogens is 8. The van der Waals surface area contributed by atoms with E-state index in [4.69, 9.17) is 67.7 Å². The number of aliphatic hydroxyl groups is 2. The molecule has 4 aromatic heterocycles. The highest BCUT2D eigenvalue weighted by atomic mass is 16.6. The number of nitrogen functional groups attached to an aromatic ring is 1. The topological polar surface area (TPSA) is 434 Å². The maximum Gasteiger partial charge on any atom is 0.329 e. The Morgan fingerprint density at radius 1 is 0.760 bits per heavy atom. The van der Waals surface area contributed by atoms with Crippen molar-refractivity contribution in [1.29, 1.82) is 0 Å². The number of aryl methyl sites for hydroxylation is 1. The van der Waals surface area contributed by atoms with Crippen LogP contribution in [0.25, 0.3) is 33.3 Å². The highest BCUT2D eigenvalue weighted by molar-refractivity contribution is 6.39.